The second-order valence-electron chi connectivity index (χ2n) is 6.19. The lowest BCUT2D eigenvalue weighted by molar-refractivity contribution is 0.0873. The van der Waals surface area contributed by atoms with Crippen molar-refractivity contribution in [2.45, 2.75) is 51.1 Å². The molecule has 0 saturated carbocycles. The van der Waals surface area contributed by atoms with Crippen LogP contribution in [0.15, 0.2) is 22.7 Å². The number of nitrogens with zero attached hydrogens (tertiary/aromatic N) is 1. The molecule has 21 heavy (non-hydrogen) atoms. The average Bonchev–Trinajstić information content (AvgIpc) is 3.00. The highest BCUT2D eigenvalue weighted by Gasteiger charge is 2.38. The Kier molecular flexibility index (Phi) is 6.13. The van der Waals surface area contributed by atoms with Gasteiger partial charge in [-0.15, -0.1) is 0 Å². The van der Waals surface area contributed by atoms with Crippen molar-refractivity contribution in [3.05, 3.63) is 33.3 Å². The van der Waals surface area contributed by atoms with Crippen molar-refractivity contribution in [2.24, 2.45) is 0 Å². The van der Waals surface area contributed by atoms with Crippen LogP contribution in [0.3, 0.4) is 0 Å². The van der Waals surface area contributed by atoms with Crippen LogP contribution in [0.4, 0.5) is 0 Å². The third-order valence-electron chi connectivity index (χ3n) is 5.08. The molecular weight excluding hydrogens is 348 g/mol. The Morgan fingerprint density at radius 1 is 1.38 bits per heavy atom. The van der Waals surface area contributed by atoms with Crippen molar-refractivity contribution in [1.29, 1.82) is 0 Å². The number of benzene rings is 1. The molecule has 2 nitrogen and oxygen atoms in total. The second-order valence-corrected chi connectivity index (χ2v) is 7.51. The number of hydrogen-bond acceptors (Lipinski definition) is 2. The summed E-state index contributed by atoms with van der Waals surface area (Å²) in [4.78, 5) is 2.65. The second kappa shape index (κ2) is 7.45. The van der Waals surface area contributed by atoms with Gasteiger partial charge in [-0.05, 0) is 70.4 Å². The molecule has 0 spiro atoms. The summed E-state index contributed by atoms with van der Waals surface area (Å²) in [6.45, 7) is 7.13. The van der Waals surface area contributed by atoms with E-state index in [0.29, 0.717) is 6.04 Å². The van der Waals surface area contributed by atoms with Crippen molar-refractivity contribution >= 4 is 27.5 Å². The van der Waals surface area contributed by atoms with Gasteiger partial charge >= 0.3 is 0 Å². The molecule has 1 heterocycles. The summed E-state index contributed by atoms with van der Waals surface area (Å²) < 4.78 is 1.04. The number of nitrogens with one attached hydrogen (secondary N) is 1. The topological polar surface area (TPSA) is 15.3 Å². The molecule has 1 aromatic rings. The van der Waals surface area contributed by atoms with E-state index in [4.69, 9.17) is 11.6 Å². The number of likely N-dealkylation sites (N-methyl/N-ethyl adjacent to an activating group) is 1. The molecule has 0 bridgehead atoms. The minimum Gasteiger partial charge on any atom is -0.315 e. The van der Waals surface area contributed by atoms with Gasteiger partial charge in [0.05, 0.1) is 0 Å². The first-order valence-electron chi connectivity index (χ1n) is 7.87. The van der Waals surface area contributed by atoms with E-state index >= 15 is 0 Å². The molecule has 118 valence electrons. The Morgan fingerprint density at radius 2 is 2.05 bits per heavy atom. The largest absolute Gasteiger partial charge is 0.315 e. The van der Waals surface area contributed by atoms with Crippen molar-refractivity contribution < 1.29 is 0 Å². The highest BCUT2D eigenvalue weighted by molar-refractivity contribution is 9.10. The number of rotatable bonds is 6. The molecule has 1 fully saturated rings. The fourth-order valence-electron chi connectivity index (χ4n) is 3.46. The summed E-state index contributed by atoms with van der Waals surface area (Å²) in [5, 5.41) is 4.40. The van der Waals surface area contributed by atoms with Crippen LogP contribution < -0.4 is 5.32 Å². The zero-order valence-electron chi connectivity index (χ0n) is 13.3. The fraction of sp³-hybridized carbons (Fsp3) is 0.647. The number of hydrogen-bond donors (Lipinski definition) is 1. The van der Waals surface area contributed by atoms with Crippen molar-refractivity contribution in [1.82, 2.24) is 10.2 Å². The summed E-state index contributed by atoms with van der Waals surface area (Å²) in [6.07, 6.45) is 4.76. The van der Waals surface area contributed by atoms with Crippen molar-refractivity contribution in [3.8, 4) is 0 Å². The van der Waals surface area contributed by atoms with Crippen LogP contribution in [0.1, 0.15) is 38.7 Å². The van der Waals surface area contributed by atoms with Crippen LogP contribution >= 0.6 is 27.5 Å². The zero-order valence-corrected chi connectivity index (χ0v) is 15.6. The molecule has 1 aromatic carbocycles. The van der Waals surface area contributed by atoms with E-state index in [2.05, 4.69) is 59.2 Å². The molecule has 2 rings (SSSR count). The zero-order chi connectivity index (χ0) is 15.5. The predicted molar refractivity (Wildman–Crippen MR) is 95.2 cm³/mol. The minimum atomic E-state index is 0.182. The predicted octanol–water partition coefficient (Wildman–Crippen LogP) is 4.50. The lowest BCUT2D eigenvalue weighted by atomic mass is 9.83. The van der Waals surface area contributed by atoms with Crippen molar-refractivity contribution in [3.63, 3.8) is 0 Å². The highest BCUT2D eigenvalue weighted by atomic mass is 79.9. The summed E-state index contributed by atoms with van der Waals surface area (Å²) in [7, 11) is 2.07. The Labute approximate surface area is 142 Å². The monoisotopic (exact) mass is 372 g/mol. The van der Waals surface area contributed by atoms with Gasteiger partial charge in [-0.25, -0.2) is 0 Å². The molecule has 1 saturated heterocycles. The molecule has 1 aliphatic heterocycles. The third kappa shape index (κ3) is 3.82. The quantitative estimate of drug-likeness (QED) is 0.790. The van der Waals surface area contributed by atoms with Crippen LogP contribution in [0.5, 0.6) is 0 Å². The molecule has 0 aromatic heterocycles. The molecule has 2 atom stereocenters. The number of likely N-dealkylation sites (tertiary alicyclic amines) is 1. The van der Waals surface area contributed by atoms with E-state index in [1.807, 2.05) is 6.07 Å². The first-order valence-corrected chi connectivity index (χ1v) is 9.04. The molecule has 1 N–H and O–H groups in total. The van der Waals surface area contributed by atoms with Gasteiger partial charge in [0.25, 0.3) is 0 Å². The summed E-state index contributed by atoms with van der Waals surface area (Å²) in [5.74, 6) is 0. The van der Waals surface area contributed by atoms with Gasteiger partial charge in [0.15, 0.2) is 0 Å². The normalized spacial score (nSPS) is 20.4. The maximum atomic E-state index is 6.41. The highest BCUT2D eigenvalue weighted by Crippen LogP contribution is 2.31. The summed E-state index contributed by atoms with van der Waals surface area (Å²) >= 11 is 9.89. The Balaban J connectivity index is 2.20. The van der Waals surface area contributed by atoms with E-state index in [9.17, 15) is 0 Å². The van der Waals surface area contributed by atoms with E-state index in [-0.39, 0.29) is 5.54 Å². The maximum absolute atomic E-state index is 6.41. The first kappa shape index (κ1) is 17.3. The lowest BCUT2D eigenvalue weighted by Gasteiger charge is -2.44. The van der Waals surface area contributed by atoms with Crippen LogP contribution in [0, 0.1) is 0 Å². The summed E-state index contributed by atoms with van der Waals surface area (Å²) in [6, 6.07) is 6.60. The van der Waals surface area contributed by atoms with Gasteiger partial charge < -0.3 is 5.32 Å². The van der Waals surface area contributed by atoms with Gasteiger partial charge in [0.2, 0.25) is 0 Å². The first-order chi connectivity index (χ1) is 10.0. The Hall–Kier alpha value is -0.0900. The van der Waals surface area contributed by atoms with Crippen LogP contribution in [-0.4, -0.2) is 36.6 Å². The SMILES string of the molecule is CCC(C)(C(Cc1ccc(Br)cc1Cl)NC)N1CCCC1. The van der Waals surface area contributed by atoms with Gasteiger partial charge in [-0.1, -0.05) is 40.5 Å². The summed E-state index contributed by atoms with van der Waals surface area (Å²) in [5.41, 5.74) is 1.40. The Bertz CT molecular complexity index is 474. The van der Waals surface area contributed by atoms with Gasteiger partial charge in [0, 0.05) is 21.1 Å². The fourth-order valence-corrected chi connectivity index (χ4v) is 4.21. The molecule has 0 amide bonds. The van der Waals surface area contributed by atoms with Crippen molar-refractivity contribution in [2.75, 3.05) is 20.1 Å². The van der Waals surface area contributed by atoms with Crippen LogP contribution in [0.25, 0.3) is 0 Å². The Morgan fingerprint density at radius 3 is 2.57 bits per heavy atom. The number of halogens is 2. The molecule has 1 aliphatic rings. The standard InChI is InChI=1S/C17H26BrClN2/c1-4-17(2,21-9-5-6-10-21)16(20-3)11-13-7-8-14(18)12-15(13)19/h7-8,12,16,20H,4-6,9-11H2,1-3H3. The molecule has 0 radical (unpaired) electrons. The van der Waals surface area contributed by atoms with E-state index in [1.54, 1.807) is 0 Å². The van der Waals surface area contributed by atoms with E-state index < -0.39 is 0 Å². The molecule has 2 unspecified atom stereocenters. The van der Waals surface area contributed by atoms with Crippen LogP contribution in [-0.2, 0) is 6.42 Å². The lowest BCUT2D eigenvalue weighted by Crippen LogP contribution is -2.58. The average molecular weight is 374 g/mol. The molecular formula is C17H26BrClN2. The van der Waals surface area contributed by atoms with E-state index in [1.165, 1.54) is 31.5 Å². The smallest absolute Gasteiger partial charge is 0.0449 e. The molecule has 4 heteroatoms. The van der Waals surface area contributed by atoms with Gasteiger partial charge in [-0.2, -0.15) is 0 Å². The van der Waals surface area contributed by atoms with Gasteiger partial charge in [0.1, 0.15) is 0 Å². The van der Waals surface area contributed by atoms with Gasteiger partial charge in [-0.3, -0.25) is 4.90 Å². The third-order valence-corrected chi connectivity index (χ3v) is 5.93. The molecule has 0 aliphatic carbocycles. The van der Waals surface area contributed by atoms with E-state index in [0.717, 1.165) is 22.3 Å². The minimum absolute atomic E-state index is 0.182. The maximum Gasteiger partial charge on any atom is 0.0449 e. The van der Waals surface area contributed by atoms with Crippen LogP contribution in [0.2, 0.25) is 5.02 Å².